The summed E-state index contributed by atoms with van der Waals surface area (Å²) in [5.74, 6) is -2.43. The minimum absolute atomic E-state index is 0.0347. The molecule has 2 saturated heterocycles. The number of alkyl halides is 2. The minimum Gasteiger partial charge on any atom is -0.508 e. The van der Waals surface area contributed by atoms with Crippen LogP contribution >= 0.6 is 0 Å². The van der Waals surface area contributed by atoms with Crippen LogP contribution in [0.3, 0.4) is 0 Å². The van der Waals surface area contributed by atoms with Gasteiger partial charge in [-0.1, -0.05) is 33.8 Å². The van der Waals surface area contributed by atoms with Crippen molar-refractivity contribution in [3.8, 4) is 11.5 Å². The Kier molecular flexibility index (Phi) is 17.8. The number of benzene rings is 3. The third-order valence-electron chi connectivity index (χ3n) is 12.9. The largest absolute Gasteiger partial charge is 0.508 e. The lowest BCUT2D eigenvalue weighted by molar-refractivity contribution is -0.136. The van der Waals surface area contributed by atoms with E-state index >= 15 is 8.78 Å². The first kappa shape index (κ1) is 50.8. The second kappa shape index (κ2) is 22.8. The van der Waals surface area contributed by atoms with Gasteiger partial charge in [-0.25, -0.2) is 17.6 Å². The number of nitrogens with zero attached hydrogens (tertiary/aromatic N) is 4. The van der Waals surface area contributed by atoms with E-state index in [0.29, 0.717) is 54.9 Å². The molecule has 5 aliphatic rings. The van der Waals surface area contributed by atoms with Crippen LogP contribution in [0.2, 0.25) is 0 Å². The maximum Gasteiger partial charge on any atom is 0.255 e. The summed E-state index contributed by atoms with van der Waals surface area (Å²) >= 11 is 0. The molecule has 4 aliphatic heterocycles. The van der Waals surface area contributed by atoms with Crippen molar-refractivity contribution in [3.05, 3.63) is 93.0 Å². The summed E-state index contributed by atoms with van der Waals surface area (Å²) < 4.78 is 63.1. The van der Waals surface area contributed by atoms with E-state index < -0.39 is 48.5 Å². The van der Waals surface area contributed by atoms with Crippen molar-refractivity contribution in [2.24, 2.45) is 11.3 Å². The van der Waals surface area contributed by atoms with E-state index in [9.17, 15) is 37.9 Å². The molecular weight excluding hydrogens is 847 g/mol. The Hall–Kier alpha value is -5.19. The highest BCUT2D eigenvalue weighted by Gasteiger charge is 2.43. The zero-order valence-corrected chi connectivity index (χ0v) is 38.3. The van der Waals surface area contributed by atoms with Gasteiger partial charge in [0.15, 0.2) is 6.29 Å². The normalized spacial score (nSPS) is 20.4. The number of piperidine rings is 1. The molecule has 2 N–H and O–H groups in total. The number of fused-ring (bicyclic) bond motifs is 2. The van der Waals surface area contributed by atoms with Gasteiger partial charge in [0, 0.05) is 69.5 Å². The Bertz CT molecular complexity index is 2150. The lowest BCUT2D eigenvalue weighted by Gasteiger charge is -2.52. The number of amides is 3. The number of imide groups is 1. The zero-order valence-electron chi connectivity index (χ0n) is 38.3. The van der Waals surface area contributed by atoms with Gasteiger partial charge in [-0.2, -0.15) is 0 Å². The van der Waals surface area contributed by atoms with Crippen molar-refractivity contribution in [2.45, 2.75) is 104 Å². The molecule has 0 bridgehead atoms. The summed E-state index contributed by atoms with van der Waals surface area (Å²) in [7, 11) is 3.62. The molecule has 12 nitrogen and oxygen atoms in total. The van der Waals surface area contributed by atoms with Crippen LogP contribution in [0.4, 0.5) is 17.6 Å². The Morgan fingerprint density at radius 2 is 1.58 bits per heavy atom. The van der Waals surface area contributed by atoms with Gasteiger partial charge >= 0.3 is 0 Å². The van der Waals surface area contributed by atoms with Gasteiger partial charge in [0.1, 0.15) is 35.5 Å². The number of carbonyl (C=O) groups is 5. The number of aromatic hydroxyl groups is 1. The summed E-state index contributed by atoms with van der Waals surface area (Å²) in [5, 5.41) is 12.1. The number of hydrogen-bond donors (Lipinski definition) is 2. The number of halogens is 4. The monoisotopic (exact) mass is 909 g/mol. The highest BCUT2D eigenvalue weighted by molar-refractivity contribution is 6.06. The lowest BCUT2D eigenvalue weighted by atomic mass is 9.66. The van der Waals surface area contributed by atoms with Crippen LogP contribution in [0.5, 0.6) is 11.5 Å². The number of ether oxygens (including phenoxy) is 1. The van der Waals surface area contributed by atoms with Crippen LogP contribution in [0.15, 0.2) is 42.5 Å². The van der Waals surface area contributed by atoms with Gasteiger partial charge in [-0.05, 0) is 103 Å². The Balaban J connectivity index is 0.000000236. The number of phenolic OH excluding ortho intramolecular Hbond substituents is 1. The van der Waals surface area contributed by atoms with Crippen molar-refractivity contribution in [3.63, 3.8) is 0 Å². The second-order valence-corrected chi connectivity index (χ2v) is 17.2. The molecule has 1 saturated carbocycles. The molecule has 3 aromatic rings. The van der Waals surface area contributed by atoms with E-state index in [-0.39, 0.29) is 60.0 Å². The van der Waals surface area contributed by atoms with E-state index in [1.807, 2.05) is 32.6 Å². The first-order valence-electron chi connectivity index (χ1n) is 22.7. The average Bonchev–Trinajstić information content (AvgIpc) is 3.68. The molecule has 2 atom stereocenters. The molecule has 16 heteroatoms. The summed E-state index contributed by atoms with van der Waals surface area (Å²) in [6.45, 7) is 11.7. The number of hydrogen-bond acceptors (Lipinski definition) is 10. The number of phenols is 1. The minimum atomic E-state index is -2.64. The SMILES string of the molecule is CC.CC.CN(C(=O)c1cc2c(cc1C=O)CN(CC=O)C2)C1CCC(=O)NC1=O.CN1CC2(CCC(COc3cc(F)c(C4c5ccc(O)cc5CCN4CC(F)F)c(F)c3)CC2)C1. The van der Waals surface area contributed by atoms with Gasteiger partial charge < -0.3 is 24.4 Å². The fourth-order valence-electron chi connectivity index (χ4n) is 9.81. The molecule has 1 aliphatic carbocycles. The highest BCUT2D eigenvalue weighted by Crippen LogP contribution is 2.45. The second-order valence-electron chi connectivity index (χ2n) is 17.2. The number of aldehydes is 2. The number of likely N-dealkylation sites (tertiary alicyclic amines) is 1. The third kappa shape index (κ3) is 12.0. The van der Waals surface area contributed by atoms with Crippen LogP contribution in [-0.2, 0) is 33.9 Å². The summed E-state index contributed by atoms with van der Waals surface area (Å²) in [4.78, 5) is 65.3. The van der Waals surface area contributed by atoms with Crippen molar-refractivity contribution < 1.29 is 51.4 Å². The van der Waals surface area contributed by atoms with E-state index in [1.165, 1.54) is 41.1 Å². The first-order chi connectivity index (χ1) is 31.2. The molecule has 354 valence electrons. The maximum atomic E-state index is 15.3. The van der Waals surface area contributed by atoms with Crippen molar-refractivity contribution >= 4 is 30.3 Å². The van der Waals surface area contributed by atoms with Crippen LogP contribution in [-0.4, -0.2) is 121 Å². The molecular formula is C49H63F4N5O7. The Morgan fingerprint density at radius 1 is 0.938 bits per heavy atom. The van der Waals surface area contributed by atoms with Crippen molar-refractivity contribution in [1.82, 2.24) is 24.9 Å². The number of carbonyl (C=O) groups excluding carboxylic acids is 5. The first-order valence-corrected chi connectivity index (χ1v) is 22.7. The van der Waals surface area contributed by atoms with Crippen LogP contribution in [0.25, 0.3) is 0 Å². The van der Waals surface area contributed by atoms with E-state index in [2.05, 4.69) is 17.3 Å². The van der Waals surface area contributed by atoms with E-state index in [0.717, 1.165) is 56.2 Å². The predicted octanol–water partition coefficient (Wildman–Crippen LogP) is 7.33. The van der Waals surface area contributed by atoms with Crippen LogP contribution < -0.4 is 10.1 Å². The van der Waals surface area contributed by atoms with Gasteiger partial charge in [-0.15, -0.1) is 0 Å². The molecule has 8 rings (SSSR count). The Morgan fingerprint density at radius 3 is 2.17 bits per heavy atom. The fraction of sp³-hybridized carbons (Fsp3) is 0.531. The lowest BCUT2D eigenvalue weighted by Crippen LogP contribution is -2.55. The Labute approximate surface area is 379 Å². The smallest absolute Gasteiger partial charge is 0.255 e. The summed E-state index contributed by atoms with van der Waals surface area (Å²) in [5.41, 5.74) is 3.68. The van der Waals surface area contributed by atoms with Gasteiger partial charge in [0.05, 0.1) is 31.3 Å². The summed E-state index contributed by atoms with van der Waals surface area (Å²) in [6, 6.07) is 8.42. The van der Waals surface area contributed by atoms with E-state index in [1.54, 1.807) is 18.2 Å². The molecule has 4 heterocycles. The molecule has 3 amide bonds. The molecule has 3 aromatic carbocycles. The summed E-state index contributed by atoms with van der Waals surface area (Å²) in [6.07, 6.45) is 4.03. The van der Waals surface area contributed by atoms with Crippen molar-refractivity contribution in [2.75, 3.05) is 53.4 Å². The maximum absolute atomic E-state index is 15.3. The molecule has 0 radical (unpaired) electrons. The van der Waals surface area contributed by atoms with Crippen molar-refractivity contribution in [1.29, 1.82) is 0 Å². The standard InChI is InChI=1S/C27H32F4N2O2.C18H19N3O5.2C2H6/c1-32-15-27(16-32)7-4-17(5-8-27)14-35-20-11-22(28)25(23(29)12-20)26-21-3-2-19(34)10-18(21)6-9-33(26)13-24(30)31;1-20(15-2-3-16(24)19-17(15)25)18(26)14-7-12-9-21(4-5-22)8-11(12)6-13(14)10-23;2*1-2/h2-3,10-12,17,24,26,34H,4-9,13-16H2,1H3;5-7,10,15H,2-4,8-9H2,1H3,(H,19,24,25);2*1-2H3. The highest BCUT2D eigenvalue weighted by atomic mass is 19.3. The molecule has 3 fully saturated rings. The molecule has 2 unspecified atom stereocenters. The quantitative estimate of drug-likeness (QED) is 0.114. The fourth-order valence-corrected chi connectivity index (χ4v) is 9.81. The van der Waals surface area contributed by atoms with Gasteiger partial charge in [0.2, 0.25) is 11.8 Å². The average molecular weight is 910 g/mol. The number of likely N-dealkylation sites (N-methyl/N-ethyl adjacent to an activating group) is 1. The molecule has 65 heavy (non-hydrogen) atoms. The third-order valence-corrected chi connectivity index (χ3v) is 12.9. The van der Waals surface area contributed by atoms with Crippen LogP contribution in [0.1, 0.15) is 121 Å². The number of nitrogens with one attached hydrogen (secondary N) is 1. The molecule has 0 aromatic heterocycles. The topological polar surface area (TPSA) is 140 Å². The zero-order chi connectivity index (χ0) is 47.6. The number of rotatable bonds is 11. The predicted molar refractivity (Wildman–Crippen MR) is 238 cm³/mol. The van der Waals surface area contributed by atoms with E-state index in [4.69, 9.17) is 4.74 Å². The van der Waals surface area contributed by atoms with Gasteiger partial charge in [0.25, 0.3) is 12.3 Å². The van der Waals surface area contributed by atoms with Gasteiger partial charge in [-0.3, -0.25) is 34.3 Å². The van der Waals surface area contributed by atoms with Crippen LogP contribution in [0, 0.1) is 23.0 Å². The molecule has 1 spiro atoms.